The number of amides is 1. The molecule has 0 spiro atoms. The zero-order valence-electron chi connectivity index (χ0n) is 15.5. The summed E-state index contributed by atoms with van der Waals surface area (Å²) in [6, 6.07) is 4.06. The largest absolute Gasteiger partial charge is 0.357 e. The first-order chi connectivity index (χ1) is 11.5. The maximum atomic E-state index is 11.7. The van der Waals surface area contributed by atoms with Crippen molar-refractivity contribution in [3.63, 3.8) is 0 Å². The molecule has 1 aromatic rings. The van der Waals surface area contributed by atoms with E-state index >= 15 is 0 Å². The molecule has 1 amide bonds. The molecule has 2 N–H and O–H groups in total. The third kappa shape index (κ3) is 6.44. The molecule has 0 atom stereocenters. The van der Waals surface area contributed by atoms with Gasteiger partial charge in [-0.05, 0) is 32.4 Å². The second kappa shape index (κ2) is 10.5. The zero-order chi connectivity index (χ0) is 17.9. The second-order valence-corrected chi connectivity index (χ2v) is 5.53. The predicted molar refractivity (Wildman–Crippen MR) is 99.3 cm³/mol. The van der Waals surface area contributed by atoms with Gasteiger partial charge in [-0.2, -0.15) is 0 Å². The second-order valence-electron chi connectivity index (χ2n) is 5.53. The lowest BCUT2D eigenvalue weighted by atomic mass is 10.3. The standard InChI is InChI=1S/C17H30N6O/c1-6-18-17(21-13-16(24)22(4)5)20-12-14-9-10-15(19-11-14)23(7-2)8-3/h9-11H,6-8,12-13H2,1-5H3,(H2,18,20,21). The molecule has 0 aromatic carbocycles. The van der Waals surface area contributed by atoms with Crippen molar-refractivity contribution in [2.45, 2.75) is 27.3 Å². The number of rotatable bonds is 8. The lowest BCUT2D eigenvalue weighted by Crippen LogP contribution is -2.42. The van der Waals surface area contributed by atoms with E-state index in [-0.39, 0.29) is 12.5 Å². The van der Waals surface area contributed by atoms with Crippen LogP contribution in [0, 0.1) is 0 Å². The summed E-state index contributed by atoms with van der Waals surface area (Å²) in [4.78, 5) is 24.4. The third-order valence-electron chi connectivity index (χ3n) is 3.57. The molecule has 1 aromatic heterocycles. The van der Waals surface area contributed by atoms with Gasteiger partial charge in [0.05, 0.1) is 13.1 Å². The lowest BCUT2D eigenvalue weighted by molar-refractivity contribution is -0.127. The number of carbonyl (C=O) groups is 1. The molecule has 7 nitrogen and oxygen atoms in total. The smallest absolute Gasteiger partial charge is 0.241 e. The van der Waals surface area contributed by atoms with Crippen molar-refractivity contribution in [3.8, 4) is 0 Å². The topological polar surface area (TPSA) is 72.9 Å². The number of carbonyl (C=O) groups excluding carboxylic acids is 1. The van der Waals surface area contributed by atoms with Crippen LogP contribution in [0.25, 0.3) is 0 Å². The highest BCUT2D eigenvalue weighted by molar-refractivity contribution is 5.86. The van der Waals surface area contributed by atoms with E-state index < -0.39 is 0 Å². The number of likely N-dealkylation sites (N-methyl/N-ethyl adjacent to an activating group) is 1. The van der Waals surface area contributed by atoms with E-state index in [4.69, 9.17) is 0 Å². The fraction of sp³-hybridized carbons (Fsp3) is 0.588. The molecule has 24 heavy (non-hydrogen) atoms. The maximum Gasteiger partial charge on any atom is 0.241 e. The first-order valence-corrected chi connectivity index (χ1v) is 8.43. The molecule has 0 fully saturated rings. The minimum atomic E-state index is 0.00541. The van der Waals surface area contributed by atoms with Crippen molar-refractivity contribution in [3.05, 3.63) is 23.9 Å². The summed E-state index contributed by atoms with van der Waals surface area (Å²) in [5, 5.41) is 6.17. The van der Waals surface area contributed by atoms with Gasteiger partial charge in [0, 0.05) is 39.9 Å². The van der Waals surface area contributed by atoms with Crippen LogP contribution in [0.15, 0.2) is 23.3 Å². The highest BCUT2D eigenvalue weighted by Crippen LogP contribution is 2.11. The number of hydrogen-bond acceptors (Lipinski definition) is 4. The van der Waals surface area contributed by atoms with Crippen LogP contribution in [-0.2, 0) is 11.3 Å². The van der Waals surface area contributed by atoms with Crippen molar-refractivity contribution in [2.75, 3.05) is 45.2 Å². The molecular weight excluding hydrogens is 304 g/mol. The van der Waals surface area contributed by atoms with E-state index in [0.717, 1.165) is 31.0 Å². The van der Waals surface area contributed by atoms with Crippen LogP contribution in [0.2, 0.25) is 0 Å². The Morgan fingerprint density at radius 2 is 1.88 bits per heavy atom. The van der Waals surface area contributed by atoms with Crippen LogP contribution in [-0.4, -0.2) is 62.0 Å². The Labute approximate surface area is 145 Å². The quantitative estimate of drug-likeness (QED) is 0.550. The number of anilines is 1. The maximum absolute atomic E-state index is 11.7. The molecule has 0 aliphatic carbocycles. The van der Waals surface area contributed by atoms with Crippen molar-refractivity contribution in [2.24, 2.45) is 4.99 Å². The number of aromatic nitrogens is 1. The van der Waals surface area contributed by atoms with Crippen LogP contribution >= 0.6 is 0 Å². The van der Waals surface area contributed by atoms with Gasteiger partial charge in [-0.15, -0.1) is 0 Å². The summed E-state index contributed by atoms with van der Waals surface area (Å²) in [5.74, 6) is 1.61. The zero-order valence-corrected chi connectivity index (χ0v) is 15.5. The third-order valence-corrected chi connectivity index (χ3v) is 3.57. The molecule has 0 bridgehead atoms. The molecule has 1 heterocycles. The van der Waals surface area contributed by atoms with Crippen LogP contribution in [0.5, 0.6) is 0 Å². The van der Waals surface area contributed by atoms with Crippen LogP contribution < -0.4 is 15.5 Å². The normalized spacial score (nSPS) is 11.1. The number of hydrogen-bond donors (Lipinski definition) is 2. The molecule has 0 radical (unpaired) electrons. The van der Waals surface area contributed by atoms with Crippen LogP contribution in [0.4, 0.5) is 5.82 Å². The van der Waals surface area contributed by atoms with E-state index in [1.807, 2.05) is 25.3 Å². The molecule has 0 saturated carbocycles. The van der Waals surface area contributed by atoms with Gasteiger partial charge in [-0.25, -0.2) is 9.98 Å². The number of pyridine rings is 1. The Bertz CT molecular complexity index is 522. The van der Waals surface area contributed by atoms with Gasteiger partial charge in [-0.3, -0.25) is 4.79 Å². The van der Waals surface area contributed by atoms with E-state index in [0.29, 0.717) is 12.5 Å². The fourth-order valence-corrected chi connectivity index (χ4v) is 2.07. The average molecular weight is 334 g/mol. The first-order valence-electron chi connectivity index (χ1n) is 8.43. The first kappa shape index (κ1) is 19.7. The summed E-state index contributed by atoms with van der Waals surface area (Å²) < 4.78 is 0. The summed E-state index contributed by atoms with van der Waals surface area (Å²) in [6.45, 7) is 9.58. The molecule has 1 rings (SSSR count). The lowest BCUT2D eigenvalue weighted by Gasteiger charge is -2.19. The molecule has 0 unspecified atom stereocenters. The number of aliphatic imine (C=N–C) groups is 1. The summed E-state index contributed by atoms with van der Waals surface area (Å²) in [6.07, 6.45) is 1.85. The number of nitrogens with zero attached hydrogens (tertiary/aromatic N) is 4. The highest BCUT2D eigenvalue weighted by Gasteiger charge is 2.06. The Kier molecular flexibility index (Phi) is 8.60. The van der Waals surface area contributed by atoms with E-state index in [2.05, 4.69) is 39.4 Å². The average Bonchev–Trinajstić information content (AvgIpc) is 2.59. The van der Waals surface area contributed by atoms with Gasteiger partial charge in [0.25, 0.3) is 0 Å². The number of guanidine groups is 1. The molecule has 134 valence electrons. The molecule has 0 saturated heterocycles. The van der Waals surface area contributed by atoms with E-state index in [9.17, 15) is 4.79 Å². The Morgan fingerprint density at radius 3 is 2.38 bits per heavy atom. The van der Waals surface area contributed by atoms with E-state index in [1.165, 1.54) is 0 Å². The van der Waals surface area contributed by atoms with Gasteiger partial charge in [0.2, 0.25) is 5.91 Å². The Balaban J connectivity index is 2.66. The number of nitrogens with one attached hydrogen (secondary N) is 2. The van der Waals surface area contributed by atoms with Gasteiger partial charge in [0.15, 0.2) is 5.96 Å². The summed E-state index contributed by atoms with van der Waals surface area (Å²) >= 11 is 0. The van der Waals surface area contributed by atoms with Gasteiger partial charge < -0.3 is 20.4 Å². The highest BCUT2D eigenvalue weighted by atomic mass is 16.2. The van der Waals surface area contributed by atoms with Crippen molar-refractivity contribution in [1.29, 1.82) is 0 Å². The minimum Gasteiger partial charge on any atom is -0.357 e. The van der Waals surface area contributed by atoms with Gasteiger partial charge >= 0.3 is 0 Å². The van der Waals surface area contributed by atoms with Gasteiger partial charge in [0.1, 0.15) is 5.82 Å². The monoisotopic (exact) mass is 334 g/mol. The molecule has 0 aliphatic heterocycles. The fourth-order valence-electron chi connectivity index (χ4n) is 2.07. The minimum absolute atomic E-state index is 0.00541. The summed E-state index contributed by atoms with van der Waals surface area (Å²) in [7, 11) is 3.47. The van der Waals surface area contributed by atoms with Crippen molar-refractivity contribution < 1.29 is 4.79 Å². The van der Waals surface area contributed by atoms with Crippen LogP contribution in [0.3, 0.4) is 0 Å². The van der Waals surface area contributed by atoms with E-state index in [1.54, 1.807) is 19.0 Å². The Hall–Kier alpha value is -2.31. The van der Waals surface area contributed by atoms with Gasteiger partial charge in [-0.1, -0.05) is 6.07 Å². The van der Waals surface area contributed by atoms with Crippen molar-refractivity contribution >= 4 is 17.7 Å². The predicted octanol–water partition coefficient (Wildman–Crippen LogP) is 1.07. The molecule has 7 heteroatoms. The Morgan fingerprint density at radius 1 is 1.17 bits per heavy atom. The molecule has 0 aliphatic rings. The van der Waals surface area contributed by atoms with Crippen molar-refractivity contribution in [1.82, 2.24) is 20.5 Å². The summed E-state index contributed by atoms with van der Waals surface area (Å²) in [5.41, 5.74) is 1.03. The SMILES string of the molecule is CCNC(=NCc1ccc(N(CC)CC)nc1)NCC(=O)N(C)C. The molecular formula is C17H30N6O. The van der Waals surface area contributed by atoms with Crippen LogP contribution in [0.1, 0.15) is 26.3 Å².